The average Bonchev–Trinajstić information content (AvgIpc) is 3.09. The lowest BCUT2D eigenvalue weighted by atomic mass is 9.92. The molecule has 1 aromatic heterocycles. The monoisotopic (exact) mass is 342 g/mol. The van der Waals surface area contributed by atoms with Crippen molar-refractivity contribution >= 4 is 46.1 Å². The first-order valence-electron chi connectivity index (χ1n) is 6.83. The molecule has 1 fully saturated rings. The van der Waals surface area contributed by atoms with E-state index in [-0.39, 0.29) is 5.38 Å². The van der Waals surface area contributed by atoms with Gasteiger partial charge in [-0.2, -0.15) is 0 Å². The lowest BCUT2D eigenvalue weighted by Gasteiger charge is -2.13. The first-order chi connectivity index (χ1) is 9.66. The van der Waals surface area contributed by atoms with Crippen LogP contribution in [0, 0.1) is 11.8 Å². The predicted octanol–water partition coefficient (Wildman–Crippen LogP) is 6.31. The molecule has 20 heavy (non-hydrogen) atoms. The van der Waals surface area contributed by atoms with Gasteiger partial charge < -0.3 is 0 Å². The van der Waals surface area contributed by atoms with Gasteiger partial charge in [0, 0.05) is 5.56 Å². The lowest BCUT2D eigenvalue weighted by molar-refractivity contribution is 0.622. The number of aryl methyl sites for hydroxylation is 1. The minimum absolute atomic E-state index is 0.0209. The SMILES string of the molecule is Clc1cc(C(Cl)C2C3CCc4ccccc4C32)c(Cl)s1. The molecular formula is C16H13Cl3S. The molecule has 0 amide bonds. The predicted molar refractivity (Wildman–Crippen MR) is 87.4 cm³/mol. The first-order valence-corrected chi connectivity index (χ1v) is 8.84. The number of benzene rings is 1. The molecule has 2 aromatic rings. The molecule has 1 saturated carbocycles. The molecule has 4 heteroatoms. The third-order valence-electron chi connectivity index (χ3n) is 4.71. The van der Waals surface area contributed by atoms with Crippen molar-refractivity contribution in [2.75, 3.05) is 0 Å². The van der Waals surface area contributed by atoms with Crippen LogP contribution in [-0.4, -0.2) is 0 Å². The Balaban J connectivity index is 1.65. The Kier molecular flexibility index (Phi) is 3.30. The summed E-state index contributed by atoms with van der Waals surface area (Å²) in [5, 5.41) is -0.0209. The molecule has 2 aliphatic carbocycles. The second-order valence-electron chi connectivity index (χ2n) is 5.69. The maximum Gasteiger partial charge on any atom is 0.0991 e. The lowest BCUT2D eigenvalue weighted by Crippen LogP contribution is -2.00. The minimum Gasteiger partial charge on any atom is -0.117 e. The van der Waals surface area contributed by atoms with Crippen molar-refractivity contribution in [3.63, 3.8) is 0 Å². The Morgan fingerprint density at radius 1 is 1.20 bits per heavy atom. The fraction of sp³-hybridized carbons (Fsp3) is 0.375. The molecule has 1 heterocycles. The highest BCUT2D eigenvalue weighted by atomic mass is 35.5. The van der Waals surface area contributed by atoms with Gasteiger partial charge in [0.1, 0.15) is 0 Å². The van der Waals surface area contributed by atoms with Gasteiger partial charge in [0.2, 0.25) is 0 Å². The van der Waals surface area contributed by atoms with E-state index in [0.29, 0.717) is 17.8 Å². The molecule has 0 N–H and O–H groups in total. The Morgan fingerprint density at radius 2 is 2.00 bits per heavy atom. The fourth-order valence-electron chi connectivity index (χ4n) is 3.77. The smallest absolute Gasteiger partial charge is 0.0991 e. The van der Waals surface area contributed by atoms with Crippen molar-refractivity contribution < 1.29 is 0 Å². The number of halogens is 3. The number of thiophene rings is 1. The third kappa shape index (κ3) is 2.02. The van der Waals surface area contributed by atoms with E-state index in [9.17, 15) is 0 Å². The van der Waals surface area contributed by atoms with Gasteiger partial charge in [0.15, 0.2) is 0 Å². The van der Waals surface area contributed by atoms with E-state index >= 15 is 0 Å². The van der Waals surface area contributed by atoms with Gasteiger partial charge >= 0.3 is 0 Å². The normalized spacial score (nSPS) is 28.6. The van der Waals surface area contributed by atoms with Gasteiger partial charge in [-0.3, -0.25) is 0 Å². The van der Waals surface area contributed by atoms with Crippen molar-refractivity contribution in [3.05, 3.63) is 55.7 Å². The summed E-state index contributed by atoms with van der Waals surface area (Å²) in [7, 11) is 0. The van der Waals surface area contributed by atoms with E-state index < -0.39 is 0 Å². The van der Waals surface area contributed by atoms with Crippen LogP contribution in [0.1, 0.15) is 34.4 Å². The van der Waals surface area contributed by atoms with Crippen molar-refractivity contribution in [1.82, 2.24) is 0 Å². The topological polar surface area (TPSA) is 0 Å². The van der Waals surface area contributed by atoms with Gasteiger partial charge in [-0.25, -0.2) is 0 Å². The largest absolute Gasteiger partial charge is 0.117 e. The first kappa shape index (κ1) is 13.5. The molecule has 0 aliphatic heterocycles. The standard InChI is InChI=1S/C16H13Cl3S/c17-12-7-11(16(19)20-12)15(18)14-10-6-5-8-3-1-2-4-9(8)13(10)14/h1-4,7,10,13-15H,5-6H2. The van der Waals surface area contributed by atoms with E-state index in [2.05, 4.69) is 24.3 Å². The van der Waals surface area contributed by atoms with Crippen LogP contribution in [0.4, 0.5) is 0 Å². The zero-order chi connectivity index (χ0) is 13.9. The molecule has 0 spiro atoms. The second-order valence-corrected chi connectivity index (χ2v) is 8.44. The van der Waals surface area contributed by atoms with Crippen LogP contribution < -0.4 is 0 Å². The molecule has 2 aliphatic rings. The number of alkyl halides is 1. The summed E-state index contributed by atoms with van der Waals surface area (Å²) in [6.45, 7) is 0. The molecule has 0 nitrogen and oxygen atoms in total. The van der Waals surface area contributed by atoms with E-state index in [1.54, 1.807) is 0 Å². The summed E-state index contributed by atoms with van der Waals surface area (Å²) in [5.41, 5.74) is 4.01. The van der Waals surface area contributed by atoms with Crippen LogP contribution in [-0.2, 0) is 6.42 Å². The van der Waals surface area contributed by atoms with E-state index in [1.165, 1.54) is 35.3 Å². The molecule has 0 radical (unpaired) electrons. The second kappa shape index (κ2) is 4.91. The zero-order valence-electron chi connectivity index (χ0n) is 10.7. The van der Waals surface area contributed by atoms with E-state index in [1.807, 2.05) is 6.07 Å². The van der Waals surface area contributed by atoms with Crippen LogP contribution in [0.25, 0.3) is 0 Å². The van der Waals surface area contributed by atoms with Crippen molar-refractivity contribution in [2.45, 2.75) is 24.1 Å². The van der Waals surface area contributed by atoms with Crippen molar-refractivity contribution in [2.24, 2.45) is 11.8 Å². The van der Waals surface area contributed by atoms with Crippen LogP contribution in [0.5, 0.6) is 0 Å². The van der Waals surface area contributed by atoms with Crippen LogP contribution >= 0.6 is 46.1 Å². The zero-order valence-corrected chi connectivity index (χ0v) is 13.7. The van der Waals surface area contributed by atoms with Crippen LogP contribution in [0.15, 0.2) is 30.3 Å². The van der Waals surface area contributed by atoms with Crippen LogP contribution in [0.3, 0.4) is 0 Å². The van der Waals surface area contributed by atoms with E-state index in [0.717, 1.165) is 14.2 Å². The highest BCUT2D eigenvalue weighted by Gasteiger charge is 2.56. The Morgan fingerprint density at radius 3 is 2.75 bits per heavy atom. The highest BCUT2D eigenvalue weighted by molar-refractivity contribution is 7.20. The number of fused-ring (bicyclic) bond motifs is 3. The van der Waals surface area contributed by atoms with Gasteiger partial charge in [0.25, 0.3) is 0 Å². The quantitative estimate of drug-likeness (QED) is 0.560. The molecule has 4 unspecified atom stereocenters. The fourth-order valence-corrected chi connectivity index (χ4v) is 5.95. The molecule has 4 rings (SSSR count). The van der Waals surface area contributed by atoms with E-state index in [4.69, 9.17) is 34.8 Å². The maximum atomic E-state index is 6.73. The van der Waals surface area contributed by atoms with Gasteiger partial charge in [0.05, 0.1) is 14.0 Å². The molecule has 0 bridgehead atoms. The summed E-state index contributed by atoms with van der Waals surface area (Å²) in [6.07, 6.45) is 2.42. The molecule has 1 aromatic carbocycles. The molecule has 4 atom stereocenters. The summed E-state index contributed by atoms with van der Waals surface area (Å²) in [5.74, 6) is 1.82. The summed E-state index contributed by atoms with van der Waals surface area (Å²) in [4.78, 5) is 0. The van der Waals surface area contributed by atoms with Crippen LogP contribution in [0.2, 0.25) is 8.67 Å². The average molecular weight is 344 g/mol. The van der Waals surface area contributed by atoms with Crippen molar-refractivity contribution in [1.29, 1.82) is 0 Å². The summed E-state index contributed by atoms with van der Waals surface area (Å²) < 4.78 is 1.46. The number of hydrogen-bond acceptors (Lipinski definition) is 1. The highest BCUT2D eigenvalue weighted by Crippen LogP contribution is 2.66. The minimum atomic E-state index is -0.0209. The van der Waals surface area contributed by atoms with Gasteiger partial charge in [-0.05, 0) is 47.8 Å². The molecular weight excluding hydrogens is 331 g/mol. The van der Waals surface area contributed by atoms with Gasteiger partial charge in [-0.1, -0.05) is 47.5 Å². The molecule has 104 valence electrons. The molecule has 0 saturated heterocycles. The number of hydrogen-bond donors (Lipinski definition) is 0. The maximum absolute atomic E-state index is 6.73. The summed E-state index contributed by atoms with van der Waals surface area (Å²) in [6, 6.07) is 10.7. The summed E-state index contributed by atoms with van der Waals surface area (Å²) >= 11 is 20.4. The van der Waals surface area contributed by atoms with Crippen molar-refractivity contribution in [3.8, 4) is 0 Å². The Labute approximate surface area is 137 Å². The van der Waals surface area contributed by atoms with Gasteiger partial charge in [-0.15, -0.1) is 22.9 Å². The number of rotatable bonds is 2. The Hall–Kier alpha value is -0.210. The Bertz CT molecular complexity index is 663. The third-order valence-corrected chi connectivity index (χ3v) is 6.75.